The molecule has 1 N–H and O–H groups in total. The minimum absolute atomic E-state index is 0.188. The highest BCUT2D eigenvalue weighted by atomic mass is 32.2. The van der Waals surface area contributed by atoms with Crippen LogP contribution in [0, 0.1) is 11.3 Å². The summed E-state index contributed by atoms with van der Waals surface area (Å²) in [5.74, 6) is 1.17. The number of nitriles is 1. The van der Waals surface area contributed by atoms with Crippen LogP contribution >= 0.6 is 0 Å². The van der Waals surface area contributed by atoms with Crippen molar-refractivity contribution < 1.29 is 13.2 Å². The number of benzene rings is 3. The van der Waals surface area contributed by atoms with Crippen molar-refractivity contribution in [2.24, 2.45) is 0 Å². The SMILES string of the molecule is CC(C)c1ccc(S(=O)(=O)NC2CCCN2CCCOc2ccc(-c3ccc(C#N)cc3)cc2)cc1. The first kappa shape index (κ1) is 25.9. The number of nitrogens with one attached hydrogen (secondary N) is 1. The molecular formula is C29H33N3O3S. The third-order valence-corrected chi connectivity index (χ3v) is 8.05. The minimum atomic E-state index is -3.56. The van der Waals surface area contributed by atoms with Crippen molar-refractivity contribution in [2.75, 3.05) is 19.7 Å². The fourth-order valence-corrected chi connectivity index (χ4v) is 5.70. The topological polar surface area (TPSA) is 82.4 Å². The summed E-state index contributed by atoms with van der Waals surface area (Å²) < 4.78 is 34.6. The third-order valence-electron chi connectivity index (χ3n) is 6.57. The van der Waals surface area contributed by atoms with Gasteiger partial charge in [0, 0.05) is 6.54 Å². The van der Waals surface area contributed by atoms with Crippen molar-refractivity contribution in [3.63, 3.8) is 0 Å². The average Bonchev–Trinajstić information content (AvgIpc) is 3.33. The summed E-state index contributed by atoms with van der Waals surface area (Å²) in [5, 5.41) is 8.94. The molecule has 1 heterocycles. The van der Waals surface area contributed by atoms with Gasteiger partial charge in [0.25, 0.3) is 0 Å². The molecule has 0 aliphatic carbocycles. The molecule has 0 saturated carbocycles. The van der Waals surface area contributed by atoms with Gasteiger partial charge in [-0.25, -0.2) is 8.42 Å². The first-order valence-corrected chi connectivity index (χ1v) is 13.9. The molecule has 1 aliphatic heterocycles. The summed E-state index contributed by atoms with van der Waals surface area (Å²) in [4.78, 5) is 2.50. The first-order valence-electron chi connectivity index (χ1n) is 12.5. The Kier molecular flexibility index (Phi) is 8.42. The van der Waals surface area contributed by atoms with Gasteiger partial charge in [0.2, 0.25) is 10.0 Å². The molecule has 0 radical (unpaired) electrons. The normalized spacial score (nSPS) is 16.2. The molecule has 0 amide bonds. The van der Waals surface area contributed by atoms with Crippen LogP contribution in [0.3, 0.4) is 0 Å². The molecule has 36 heavy (non-hydrogen) atoms. The Balaban J connectivity index is 1.25. The maximum absolute atomic E-state index is 12.9. The van der Waals surface area contributed by atoms with E-state index in [1.165, 1.54) is 0 Å². The third kappa shape index (κ3) is 6.52. The Morgan fingerprint density at radius 1 is 1.00 bits per heavy atom. The van der Waals surface area contributed by atoms with Crippen LogP contribution < -0.4 is 9.46 Å². The van der Waals surface area contributed by atoms with Crippen LogP contribution in [0.2, 0.25) is 0 Å². The standard InChI is InChI=1S/C29H33N3O3S/c1-22(2)24-12-16-28(17-13-24)36(33,34)31-29-5-3-18-32(29)19-4-20-35-27-14-10-26(11-15-27)25-8-6-23(21-30)7-9-25/h6-17,22,29,31H,3-5,18-20H2,1-2H3. The zero-order valence-electron chi connectivity index (χ0n) is 20.9. The molecule has 7 heteroatoms. The van der Waals surface area contributed by atoms with Crippen molar-refractivity contribution in [1.82, 2.24) is 9.62 Å². The molecule has 4 rings (SSSR count). The van der Waals surface area contributed by atoms with Crippen LogP contribution in [0.25, 0.3) is 11.1 Å². The van der Waals surface area contributed by atoms with Crippen LogP contribution in [-0.2, 0) is 10.0 Å². The zero-order valence-corrected chi connectivity index (χ0v) is 21.7. The summed E-state index contributed by atoms with van der Waals surface area (Å²) in [5.41, 5.74) is 3.89. The molecule has 1 unspecified atom stereocenters. The number of hydrogen-bond donors (Lipinski definition) is 1. The Labute approximate surface area is 214 Å². The van der Waals surface area contributed by atoms with Crippen LogP contribution in [-0.4, -0.2) is 39.2 Å². The van der Waals surface area contributed by atoms with E-state index in [2.05, 4.69) is 29.5 Å². The zero-order chi connectivity index (χ0) is 25.5. The predicted octanol–water partition coefficient (Wildman–Crippen LogP) is 5.52. The summed E-state index contributed by atoms with van der Waals surface area (Å²) in [6.07, 6.45) is 2.39. The number of hydrogen-bond acceptors (Lipinski definition) is 5. The number of likely N-dealkylation sites (tertiary alicyclic amines) is 1. The molecule has 1 atom stereocenters. The second-order valence-electron chi connectivity index (χ2n) is 9.45. The fourth-order valence-electron chi connectivity index (χ4n) is 4.44. The number of sulfonamides is 1. The Morgan fingerprint density at radius 2 is 1.64 bits per heavy atom. The fraction of sp³-hybridized carbons (Fsp3) is 0.345. The molecule has 0 spiro atoms. The van der Waals surface area contributed by atoms with Crippen LogP contribution in [0.1, 0.15) is 50.2 Å². The van der Waals surface area contributed by atoms with E-state index in [9.17, 15) is 8.42 Å². The monoisotopic (exact) mass is 503 g/mol. The van der Waals surface area contributed by atoms with Crippen molar-refractivity contribution in [3.05, 3.63) is 83.9 Å². The van der Waals surface area contributed by atoms with Gasteiger partial charge in [-0.05, 0) is 84.8 Å². The second kappa shape index (κ2) is 11.7. The summed E-state index contributed by atoms with van der Waals surface area (Å²) >= 11 is 0. The maximum atomic E-state index is 12.9. The van der Waals surface area contributed by atoms with E-state index in [-0.39, 0.29) is 6.17 Å². The maximum Gasteiger partial charge on any atom is 0.241 e. The van der Waals surface area contributed by atoms with E-state index in [4.69, 9.17) is 10.00 Å². The van der Waals surface area contributed by atoms with Crippen LogP contribution in [0.4, 0.5) is 0 Å². The van der Waals surface area contributed by atoms with E-state index in [0.29, 0.717) is 23.0 Å². The van der Waals surface area contributed by atoms with Gasteiger partial charge in [-0.3, -0.25) is 4.90 Å². The number of ether oxygens (including phenoxy) is 1. The smallest absolute Gasteiger partial charge is 0.241 e. The van der Waals surface area contributed by atoms with E-state index in [1.807, 2.05) is 60.7 Å². The molecule has 6 nitrogen and oxygen atoms in total. The lowest BCUT2D eigenvalue weighted by atomic mass is 10.0. The van der Waals surface area contributed by atoms with E-state index < -0.39 is 10.0 Å². The molecule has 0 bridgehead atoms. The van der Waals surface area contributed by atoms with Crippen LogP contribution in [0.5, 0.6) is 5.75 Å². The summed E-state index contributed by atoms with van der Waals surface area (Å²) in [6.45, 7) is 6.38. The number of rotatable bonds is 10. The predicted molar refractivity (Wildman–Crippen MR) is 142 cm³/mol. The van der Waals surface area contributed by atoms with Crippen molar-refractivity contribution >= 4 is 10.0 Å². The molecule has 0 aromatic heterocycles. The number of nitrogens with zero attached hydrogens (tertiary/aromatic N) is 2. The van der Waals surface area contributed by atoms with E-state index >= 15 is 0 Å². The van der Waals surface area contributed by atoms with Gasteiger partial charge in [-0.15, -0.1) is 0 Å². The minimum Gasteiger partial charge on any atom is -0.494 e. The largest absolute Gasteiger partial charge is 0.494 e. The van der Waals surface area contributed by atoms with Gasteiger partial charge in [-0.1, -0.05) is 50.2 Å². The van der Waals surface area contributed by atoms with Gasteiger partial charge >= 0.3 is 0 Å². The highest BCUT2D eigenvalue weighted by molar-refractivity contribution is 7.89. The van der Waals surface area contributed by atoms with Crippen molar-refractivity contribution in [3.8, 4) is 22.9 Å². The molecule has 3 aromatic carbocycles. The molecule has 1 fully saturated rings. The average molecular weight is 504 g/mol. The Bertz CT molecular complexity index is 1280. The van der Waals surface area contributed by atoms with Gasteiger partial charge in [0.15, 0.2) is 0 Å². The van der Waals surface area contributed by atoms with E-state index in [1.54, 1.807) is 12.1 Å². The molecule has 3 aromatic rings. The lowest BCUT2D eigenvalue weighted by Crippen LogP contribution is -2.44. The molecule has 1 saturated heterocycles. The molecular weight excluding hydrogens is 470 g/mol. The van der Waals surface area contributed by atoms with Gasteiger partial charge in [0.05, 0.1) is 29.3 Å². The summed E-state index contributed by atoms with van der Waals surface area (Å²) in [6, 6.07) is 24.7. The lowest BCUT2D eigenvalue weighted by molar-refractivity contribution is 0.214. The lowest BCUT2D eigenvalue weighted by Gasteiger charge is -2.25. The summed E-state index contributed by atoms with van der Waals surface area (Å²) in [7, 11) is -3.56. The van der Waals surface area contributed by atoms with Crippen molar-refractivity contribution in [1.29, 1.82) is 5.26 Å². The molecule has 188 valence electrons. The Morgan fingerprint density at radius 3 is 2.25 bits per heavy atom. The second-order valence-corrected chi connectivity index (χ2v) is 11.2. The highest BCUT2D eigenvalue weighted by Gasteiger charge is 2.28. The van der Waals surface area contributed by atoms with Gasteiger partial charge in [-0.2, -0.15) is 9.98 Å². The quantitative estimate of drug-likeness (QED) is 0.369. The van der Waals surface area contributed by atoms with Gasteiger partial charge in [0.1, 0.15) is 5.75 Å². The van der Waals surface area contributed by atoms with Crippen molar-refractivity contribution in [2.45, 2.75) is 50.1 Å². The Hall–Kier alpha value is -3.18. The first-order chi connectivity index (χ1) is 17.4. The van der Waals surface area contributed by atoms with Crippen LogP contribution in [0.15, 0.2) is 77.7 Å². The van der Waals surface area contributed by atoms with E-state index in [0.717, 1.165) is 54.8 Å². The van der Waals surface area contributed by atoms with Gasteiger partial charge < -0.3 is 4.74 Å². The highest BCUT2D eigenvalue weighted by Crippen LogP contribution is 2.24. The molecule has 1 aliphatic rings.